The summed E-state index contributed by atoms with van der Waals surface area (Å²) >= 11 is 0. The molecule has 110 valence electrons. The summed E-state index contributed by atoms with van der Waals surface area (Å²) in [4.78, 5) is 4.07. The molecule has 0 bridgehead atoms. The molecule has 1 aromatic heterocycles. The number of fused-ring (bicyclic) bond motifs is 1. The molecule has 1 aliphatic carbocycles. The lowest BCUT2D eigenvalue weighted by Gasteiger charge is -2.43. The van der Waals surface area contributed by atoms with E-state index < -0.39 is 10.0 Å². The third-order valence-electron chi connectivity index (χ3n) is 4.58. The number of rotatable bonds is 2. The van der Waals surface area contributed by atoms with Gasteiger partial charge < -0.3 is 5.73 Å². The molecule has 20 heavy (non-hydrogen) atoms. The zero-order valence-electron chi connectivity index (χ0n) is 11.5. The predicted molar refractivity (Wildman–Crippen MR) is 77.5 cm³/mol. The van der Waals surface area contributed by atoms with Gasteiger partial charge in [0.2, 0.25) is 10.0 Å². The third-order valence-corrected chi connectivity index (χ3v) is 6.55. The van der Waals surface area contributed by atoms with Gasteiger partial charge in [0.25, 0.3) is 0 Å². The van der Waals surface area contributed by atoms with E-state index in [2.05, 4.69) is 4.98 Å². The summed E-state index contributed by atoms with van der Waals surface area (Å²) in [7, 11) is -3.52. The standard InChI is InChI=1S/C14H21N3O2S/c15-14-13(8-3-9-16-14)20(18,19)17-10-4-6-11-5-1-2-7-12(11)17/h3,8-9,11-12H,1-2,4-7,10H2,(H2,15,16)/t11-,12-/m1/s1. The summed E-state index contributed by atoms with van der Waals surface area (Å²) in [5.74, 6) is 0.621. The van der Waals surface area contributed by atoms with Gasteiger partial charge in [-0.1, -0.05) is 12.8 Å². The fourth-order valence-electron chi connectivity index (χ4n) is 3.62. The maximum Gasteiger partial charge on any atom is 0.246 e. The zero-order chi connectivity index (χ0) is 14.2. The van der Waals surface area contributed by atoms with Crippen LogP contribution in [-0.2, 0) is 10.0 Å². The molecule has 0 amide bonds. The molecule has 1 saturated carbocycles. The number of hydrogen-bond acceptors (Lipinski definition) is 4. The minimum atomic E-state index is -3.52. The highest BCUT2D eigenvalue weighted by Gasteiger charge is 2.40. The Hall–Kier alpha value is -1.14. The maximum atomic E-state index is 12.9. The van der Waals surface area contributed by atoms with Crippen LogP contribution in [0.4, 0.5) is 5.82 Å². The van der Waals surface area contributed by atoms with Gasteiger partial charge in [0.05, 0.1) is 0 Å². The van der Waals surface area contributed by atoms with Gasteiger partial charge in [0.1, 0.15) is 10.7 Å². The molecule has 0 aromatic carbocycles. The van der Waals surface area contributed by atoms with E-state index in [0.717, 1.165) is 32.1 Å². The average Bonchev–Trinajstić information content (AvgIpc) is 2.47. The van der Waals surface area contributed by atoms with Crippen LogP contribution in [0.3, 0.4) is 0 Å². The molecule has 0 unspecified atom stereocenters. The van der Waals surface area contributed by atoms with Crippen molar-refractivity contribution in [2.45, 2.75) is 49.5 Å². The van der Waals surface area contributed by atoms with Crippen LogP contribution in [0.25, 0.3) is 0 Å². The lowest BCUT2D eigenvalue weighted by Crippen LogP contribution is -2.49. The van der Waals surface area contributed by atoms with E-state index in [4.69, 9.17) is 5.73 Å². The Morgan fingerprint density at radius 1 is 1.20 bits per heavy atom. The van der Waals surface area contributed by atoms with Crippen LogP contribution >= 0.6 is 0 Å². The first kappa shape index (κ1) is 13.8. The molecule has 1 aromatic rings. The number of nitrogens with zero attached hydrogens (tertiary/aromatic N) is 2. The van der Waals surface area contributed by atoms with Crippen LogP contribution in [0, 0.1) is 5.92 Å². The zero-order valence-corrected chi connectivity index (χ0v) is 12.3. The molecule has 0 spiro atoms. The number of pyridine rings is 1. The monoisotopic (exact) mass is 295 g/mol. The van der Waals surface area contributed by atoms with Crippen molar-refractivity contribution in [3.63, 3.8) is 0 Å². The van der Waals surface area contributed by atoms with Crippen molar-refractivity contribution in [2.75, 3.05) is 12.3 Å². The van der Waals surface area contributed by atoms with Gasteiger partial charge >= 0.3 is 0 Å². The molecule has 2 aliphatic rings. The van der Waals surface area contributed by atoms with Gasteiger partial charge in [-0.2, -0.15) is 4.31 Å². The van der Waals surface area contributed by atoms with Crippen LogP contribution in [-0.4, -0.2) is 30.3 Å². The summed E-state index contributed by atoms with van der Waals surface area (Å²) in [6.07, 6.45) is 8.09. The van der Waals surface area contributed by atoms with E-state index >= 15 is 0 Å². The van der Waals surface area contributed by atoms with E-state index in [1.54, 1.807) is 16.4 Å². The van der Waals surface area contributed by atoms with Crippen molar-refractivity contribution in [3.8, 4) is 0 Å². The third kappa shape index (κ3) is 2.31. The lowest BCUT2D eigenvalue weighted by molar-refractivity contribution is 0.129. The van der Waals surface area contributed by atoms with Crippen molar-refractivity contribution in [1.29, 1.82) is 0 Å². The van der Waals surface area contributed by atoms with Crippen LogP contribution in [0.1, 0.15) is 38.5 Å². The Bertz CT molecular complexity index is 586. The lowest BCUT2D eigenvalue weighted by atomic mass is 9.79. The average molecular weight is 295 g/mol. The first-order valence-electron chi connectivity index (χ1n) is 7.33. The quantitative estimate of drug-likeness (QED) is 0.905. The first-order chi connectivity index (χ1) is 9.60. The van der Waals surface area contributed by atoms with E-state index in [-0.39, 0.29) is 16.8 Å². The number of anilines is 1. The molecule has 2 atom stereocenters. The van der Waals surface area contributed by atoms with Gasteiger partial charge in [0.15, 0.2) is 0 Å². The van der Waals surface area contributed by atoms with Gasteiger partial charge in [0, 0.05) is 18.8 Å². The second-order valence-electron chi connectivity index (χ2n) is 5.76. The molecule has 2 N–H and O–H groups in total. The Labute approximate surface area is 120 Å². The van der Waals surface area contributed by atoms with Crippen molar-refractivity contribution >= 4 is 15.8 Å². The van der Waals surface area contributed by atoms with Gasteiger partial charge in [-0.25, -0.2) is 13.4 Å². The molecule has 5 nitrogen and oxygen atoms in total. The van der Waals surface area contributed by atoms with E-state index in [0.29, 0.717) is 12.5 Å². The van der Waals surface area contributed by atoms with Crippen molar-refractivity contribution < 1.29 is 8.42 Å². The number of sulfonamides is 1. The summed E-state index contributed by atoms with van der Waals surface area (Å²) in [6.45, 7) is 0.609. The Balaban J connectivity index is 1.96. The Morgan fingerprint density at radius 3 is 2.75 bits per heavy atom. The SMILES string of the molecule is Nc1ncccc1S(=O)(=O)N1CCC[C@H]2CCCC[C@H]21. The van der Waals surface area contributed by atoms with Gasteiger partial charge in [-0.05, 0) is 43.7 Å². The van der Waals surface area contributed by atoms with Gasteiger partial charge in [-0.3, -0.25) is 0 Å². The summed E-state index contributed by atoms with van der Waals surface area (Å²) < 4.78 is 27.4. The summed E-state index contributed by atoms with van der Waals surface area (Å²) in [5, 5.41) is 0. The second kappa shape index (κ2) is 5.33. The first-order valence-corrected chi connectivity index (χ1v) is 8.77. The normalized spacial score (nSPS) is 28.0. The van der Waals surface area contributed by atoms with Crippen molar-refractivity contribution in [2.24, 2.45) is 5.92 Å². The van der Waals surface area contributed by atoms with Crippen molar-refractivity contribution in [1.82, 2.24) is 9.29 Å². The van der Waals surface area contributed by atoms with E-state index in [9.17, 15) is 8.42 Å². The fourth-order valence-corrected chi connectivity index (χ4v) is 5.45. The Kier molecular flexibility index (Phi) is 3.69. The van der Waals surface area contributed by atoms with Crippen LogP contribution in [0.2, 0.25) is 0 Å². The van der Waals surface area contributed by atoms with E-state index in [1.165, 1.54) is 12.6 Å². The molecular weight excluding hydrogens is 274 g/mol. The number of nitrogen functional groups attached to an aromatic ring is 1. The maximum absolute atomic E-state index is 12.9. The number of hydrogen-bond donors (Lipinski definition) is 1. The number of nitrogens with two attached hydrogens (primary N) is 1. The number of piperidine rings is 1. The highest BCUT2D eigenvalue weighted by Crippen LogP contribution is 2.38. The second-order valence-corrected chi connectivity index (χ2v) is 7.62. The molecule has 2 heterocycles. The summed E-state index contributed by atoms with van der Waals surface area (Å²) in [5.41, 5.74) is 5.76. The number of aromatic nitrogens is 1. The Morgan fingerprint density at radius 2 is 1.95 bits per heavy atom. The predicted octanol–water partition coefficient (Wildman–Crippen LogP) is 2.01. The molecule has 3 rings (SSSR count). The smallest absolute Gasteiger partial charge is 0.246 e. The molecule has 2 fully saturated rings. The molecule has 1 aliphatic heterocycles. The van der Waals surface area contributed by atoms with Crippen molar-refractivity contribution in [3.05, 3.63) is 18.3 Å². The minimum absolute atomic E-state index is 0.102. The molecule has 6 heteroatoms. The highest BCUT2D eigenvalue weighted by atomic mass is 32.2. The largest absolute Gasteiger partial charge is 0.383 e. The minimum Gasteiger partial charge on any atom is -0.383 e. The molecule has 1 saturated heterocycles. The fraction of sp³-hybridized carbons (Fsp3) is 0.643. The van der Waals surface area contributed by atoms with Gasteiger partial charge in [-0.15, -0.1) is 0 Å². The van der Waals surface area contributed by atoms with Crippen LogP contribution in [0.15, 0.2) is 23.2 Å². The topological polar surface area (TPSA) is 76.3 Å². The highest BCUT2D eigenvalue weighted by molar-refractivity contribution is 7.89. The van der Waals surface area contributed by atoms with E-state index in [1.807, 2.05) is 0 Å². The molecular formula is C14H21N3O2S. The summed E-state index contributed by atoms with van der Waals surface area (Å²) in [6, 6.07) is 3.34. The van der Waals surface area contributed by atoms with Crippen LogP contribution < -0.4 is 5.73 Å². The molecule has 0 radical (unpaired) electrons. The van der Waals surface area contributed by atoms with Crippen LogP contribution in [0.5, 0.6) is 0 Å².